The van der Waals surface area contributed by atoms with Crippen LogP contribution in [0, 0.1) is 6.92 Å². The van der Waals surface area contributed by atoms with E-state index in [9.17, 15) is 4.79 Å². The van der Waals surface area contributed by atoms with Crippen molar-refractivity contribution in [1.82, 2.24) is 0 Å². The van der Waals surface area contributed by atoms with Crippen LogP contribution in [-0.2, 0) is 0 Å². The van der Waals surface area contributed by atoms with Gasteiger partial charge < -0.3 is 10.4 Å². The topological polar surface area (TPSA) is 74.0 Å². The number of nitrogens with one attached hydrogen (secondary N) is 1. The molecular weight excluding hydrogens is 517 g/mol. The van der Waals surface area contributed by atoms with Gasteiger partial charge in [0.05, 0.1) is 11.3 Å². The number of hydrogen-bond donors (Lipinski definition) is 2. The monoisotopic (exact) mass is 560 g/mol. The molecule has 0 aliphatic heterocycles. The summed E-state index contributed by atoms with van der Waals surface area (Å²) in [5.41, 5.74) is 3.24. The minimum absolute atomic E-state index is 0.139. The Kier molecular flexibility index (Phi) is 15.5. The maximum absolute atomic E-state index is 11.1. The molecule has 33 heavy (non-hydrogen) atoms. The van der Waals surface area contributed by atoms with Gasteiger partial charge in [-0.3, -0.25) is 0 Å². The van der Waals surface area contributed by atoms with Crippen molar-refractivity contribution >= 4 is 42.8 Å². The number of aromatic carboxylic acids is 1. The second-order valence-electron chi connectivity index (χ2n) is 8.33. The smallest absolute Gasteiger partial charge is 0.337 e. The summed E-state index contributed by atoms with van der Waals surface area (Å²) < 4.78 is 5.04. The maximum atomic E-state index is 11.1. The van der Waals surface area contributed by atoms with Gasteiger partial charge in [0, 0.05) is 12.7 Å². The van der Waals surface area contributed by atoms with Crippen LogP contribution in [0.15, 0.2) is 52.7 Å². The molecule has 0 heterocycles. The third kappa shape index (κ3) is 11.7. The van der Waals surface area contributed by atoms with Crippen LogP contribution < -0.4 is 5.32 Å². The number of carboxylic acid groups (broad SMARTS) is 1. The predicted octanol–water partition coefficient (Wildman–Crippen LogP) is 9.03. The van der Waals surface area contributed by atoms with Crippen LogP contribution in [0.3, 0.4) is 0 Å². The van der Waals surface area contributed by atoms with Crippen LogP contribution in [0.1, 0.15) is 75.2 Å². The van der Waals surface area contributed by atoms with Gasteiger partial charge in [-0.2, -0.15) is 5.11 Å². The number of aryl methyl sites for hydroxylation is 1. The Morgan fingerprint density at radius 2 is 1.48 bits per heavy atom. The molecule has 2 N–H and O–H groups in total. The van der Waals surface area contributed by atoms with Crippen molar-refractivity contribution in [2.24, 2.45) is 10.2 Å². The summed E-state index contributed by atoms with van der Waals surface area (Å²) in [5, 5.41) is 20.2. The molecule has 6 heteroatoms. The van der Waals surface area contributed by atoms with Gasteiger partial charge in [0.1, 0.15) is 5.69 Å². The number of azo groups is 1. The van der Waals surface area contributed by atoms with Crippen molar-refractivity contribution < 1.29 is 9.90 Å². The molecule has 0 aromatic heterocycles. The van der Waals surface area contributed by atoms with E-state index in [-0.39, 0.29) is 5.56 Å². The molecule has 2 aromatic rings. The number of rotatable bonds is 13. The maximum Gasteiger partial charge on any atom is 0.337 e. The van der Waals surface area contributed by atoms with Crippen molar-refractivity contribution in [2.75, 3.05) is 12.4 Å². The van der Waals surface area contributed by atoms with E-state index < -0.39 is 25.7 Å². The largest absolute Gasteiger partial charge is 0.478 e. The standard InChI is InChI=1S/C15H15N3O2.3C4H9.Sn/c1-10-9-11(7-8-13(10)16-2)17-18-14-6-4-3-5-12(14)15(19)20;3*1-3-4-2;/h3-9,16H,1-2H3,(H,19,20);3*1,3-4H2,2H3;. The first-order chi connectivity index (χ1) is 16.0. The molecule has 0 fully saturated rings. The average Bonchev–Trinajstić information content (AvgIpc) is 2.83. The zero-order valence-corrected chi connectivity index (χ0v) is 24.0. The fourth-order valence-electron chi connectivity index (χ4n) is 3.50. The summed E-state index contributed by atoms with van der Waals surface area (Å²) in [7, 11) is 1.85. The molecule has 0 bridgehead atoms. The summed E-state index contributed by atoms with van der Waals surface area (Å²) >= 11 is -0.839. The molecule has 0 amide bonds. The number of nitrogens with zero attached hydrogens (tertiary/aromatic N) is 2. The normalized spacial score (nSPS) is 10.8. The van der Waals surface area contributed by atoms with Crippen LogP contribution in [0.5, 0.6) is 0 Å². The quantitative estimate of drug-likeness (QED) is 0.190. The molecule has 181 valence electrons. The van der Waals surface area contributed by atoms with E-state index in [0.717, 1.165) is 11.3 Å². The second kappa shape index (κ2) is 17.6. The Hall–Kier alpha value is -1.89. The number of unbranched alkanes of at least 4 members (excludes halogenated alkanes) is 3. The van der Waals surface area contributed by atoms with Crippen LogP contribution >= 0.6 is 0 Å². The van der Waals surface area contributed by atoms with Gasteiger partial charge in [-0.15, -0.1) is 5.11 Å². The molecule has 2 aromatic carbocycles. The fourth-order valence-corrected chi connectivity index (χ4v) is 12.9. The van der Waals surface area contributed by atoms with Crippen LogP contribution in [0.4, 0.5) is 17.1 Å². The van der Waals surface area contributed by atoms with E-state index >= 15 is 0 Å². The minimum Gasteiger partial charge on any atom is -0.478 e. The summed E-state index contributed by atoms with van der Waals surface area (Å²) in [6, 6.07) is 12.1. The Morgan fingerprint density at radius 1 is 0.909 bits per heavy atom. The molecule has 0 spiro atoms. The molecule has 0 unspecified atom stereocenters. The van der Waals surface area contributed by atoms with Gasteiger partial charge in [-0.05, 0) is 42.8 Å². The molecule has 0 saturated carbocycles. The van der Waals surface area contributed by atoms with E-state index in [0.29, 0.717) is 11.4 Å². The number of hydrogen-bond acceptors (Lipinski definition) is 4. The van der Waals surface area contributed by atoms with Crippen LogP contribution in [0.25, 0.3) is 0 Å². The average molecular weight is 559 g/mol. The first-order valence-electron chi connectivity index (χ1n) is 12.3. The van der Waals surface area contributed by atoms with Crippen molar-refractivity contribution in [1.29, 1.82) is 0 Å². The van der Waals surface area contributed by atoms with Crippen LogP contribution in [0.2, 0.25) is 13.3 Å². The number of carbonyl (C=O) groups is 1. The predicted molar refractivity (Wildman–Crippen MR) is 143 cm³/mol. The molecule has 0 aliphatic rings. The van der Waals surface area contributed by atoms with E-state index in [1.165, 1.54) is 44.6 Å². The minimum atomic E-state index is -1.01. The summed E-state index contributed by atoms with van der Waals surface area (Å²) in [4.78, 5) is 11.1. The van der Waals surface area contributed by atoms with Gasteiger partial charge in [0.2, 0.25) is 0 Å². The Bertz CT molecular complexity index is 836. The van der Waals surface area contributed by atoms with Gasteiger partial charge in [-0.1, -0.05) is 12.1 Å². The van der Waals surface area contributed by atoms with E-state index in [2.05, 4.69) is 36.3 Å². The van der Waals surface area contributed by atoms with Gasteiger partial charge in [-0.25, -0.2) is 4.79 Å². The molecule has 0 aliphatic carbocycles. The van der Waals surface area contributed by atoms with Gasteiger partial charge in [0.15, 0.2) is 0 Å². The van der Waals surface area contributed by atoms with Crippen molar-refractivity contribution in [3.05, 3.63) is 53.6 Å². The molecular formula is C27H42N3O2Sn. The van der Waals surface area contributed by atoms with Crippen LogP contribution in [-0.4, -0.2) is 37.9 Å². The number of anilines is 1. The molecule has 5 nitrogen and oxygen atoms in total. The zero-order valence-electron chi connectivity index (χ0n) is 21.2. The zero-order chi connectivity index (χ0) is 24.5. The molecule has 0 atom stereocenters. The van der Waals surface area contributed by atoms with E-state index in [4.69, 9.17) is 5.11 Å². The molecule has 2 rings (SSSR count). The van der Waals surface area contributed by atoms with Gasteiger partial charge in [0.25, 0.3) is 0 Å². The number of benzene rings is 2. The molecule has 1 radical (unpaired) electrons. The van der Waals surface area contributed by atoms with E-state index in [1.54, 1.807) is 31.5 Å². The Morgan fingerprint density at radius 3 is 1.97 bits per heavy atom. The van der Waals surface area contributed by atoms with Gasteiger partial charge >= 0.3 is 98.3 Å². The van der Waals surface area contributed by atoms with Crippen molar-refractivity contribution in [2.45, 2.75) is 79.5 Å². The van der Waals surface area contributed by atoms with Crippen molar-refractivity contribution in [3.63, 3.8) is 0 Å². The molecule has 0 saturated heterocycles. The second-order valence-corrected chi connectivity index (χ2v) is 16.9. The van der Waals surface area contributed by atoms with E-state index in [1.807, 2.05) is 32.2 Å². The fraction of sp³-hybridized carbons (Fsp3) is 0.519. The summed E-state index contributed by atoms with van der Waals surface area (Å²) in [6.45, 7) is 8.97. The third-order valence-electron chi connectivity index (χ3n) is 5.54. The Labute approximate surface area is 207 Å². The number of carboxylic acids is 1. The first kappa shape index (κ1) is 29.1. The SMILES string of the molecule is CCC[CH2][Sn]([CH2]CCC)[CH2]CCC.CNc1ccc(N=Nc2ccccc2C(=O)O)cc1C. The summed E-state index contributed by atoms with van der Waals surface area (Å²) in [6.07, 6.45) is 8.85. The Balaban J connectivity index is 0.000000366. The first-order valence-corrected chi connectivity index (χ1v) is 18.4. The summed E-state index contributed by atoms with van der Waals surface area (Å²) in [5.74, 6) is -1.01. The van der Waals surface area contributed by atoms with Crippen molar-refractivity contribution in [3.8, 4) is 0 Å². The third-order valence-corrected chi connectivity index (χ3v) is 14.6.